The number of methoxy groups -OCH3 is 1. The summed E-state index contributed by atoms with van der Waals surface area (Å²) in [7, 11) is 1.49. The third kappa shape index (κ3) is 9.76. The highest BCUT2D eigenvalue weighted by Gasteiger charge is 2.27. The largest absolute Gasteiger partial charge is 0.411 e. The van der Waals surface area contributed by atoms with Crippen LogP contribution in [0, 0.1) is 0 Å². The first-order valence-electron chi connectivity index (χ1n) is 4.27. The molecule has 0 aliphatic rings. The van der Waals surface area contributed by atoms with Gasteiger partial charge in [-0.25, -0.2) is 0 Å². The maximum absolute atomic E-state index is 11.6. The summed E-state index contributed by atoms with van der Waals surface area (Å²) in [6.07, 6.45) is -4.36. The minimum absolute atomic E-state index is 0.0929. The number of hydrogen-bond donors (Lipinski definition) is 1. The fourth-order valence-corrected chi connectivity index (χ4v) is 0.805. The summed E-state index contributed by atoms with van der Waals surface area (Å²) in [5.74, 6) is 0. The van der Waals surface area contributed by atoms with Crippen LogP contribution in [-0.4, -0.2) is 44.3 Å². The molecule has 1 unspecified atom stereocenters. The van der Waals surface area contributed by atoms with Gasteiger partial charge in [0.25, 0.3) is 0 Å². The van der Waals surface area contributed by atoms with E-state index in [9.17, 15) is 13.2 Å². The Hall–Kier alpha value is -0.330. The van der Waals surface area contributed by atoms with E-state index < -0.39 is 18.9 Å². The van der Waals surface area contributed by atoms with Crippen LogP contribution >= 0.6 is 0 Å². The zero-order valence-electron chi connectivity index (χ0n) is 8.01. The molecule has 0 fully saturated rings. The second kappa shape index (κ2) is 7.03. The SMILES string of the molecule is COCCC(O)CCOCC(F)(F)F. The minimum atomic E-state index is -4.29. The summed E-state index contributed by atoms with van der Waals surface area (Å²) in [5.41, 5.74) is 0. The topological polar surface area (TPSA) is 38.7 Å². The highest BCUT2D eigenvalue weighted by Crippen LogP contribution is 2.14. The lowest BCUT2D eigenvalue weighted by atomic mass is 10.2. The number of aliphatic hydroxyl groups is 1. The molecule has 0 aliphatic heterocycles. The van der Waals surface area contributed by atoms with Crippen molar-refractivity contribution < 1.29 is 27.8 Å². The first-order valence-corrected chi connectivity index (χ1v) is 4.27. The average molecular weight is 216 g/mol. The van der Waals surface area contributed by atoms with Gasteiger partial charge in [-0.3, -0.25) is 0 Å². The maximum Gasteiger partial charge on any atom is 0.411 e. The molecule has 0 aromatic carbocycles. The average Bonchev–Trinajstić information content (AvgIpc) is 2.07. The van der Waals surface area contributed by atoms with Gasteiger partial charge in [-0.15, -0.1) is 0 Å². The van der Waals surface area contributed by atoms with Crippen LogP contribution in [0.2, 0.25) is 0 Å². The van der Waals surface area contributed by atoms with E-state index in [0.29, 0.717) is 13.0 Å². The van der Waals surface area contributed by atoms with Gasteiger partial charge in [-0.1, -0.05) is 0 Å². The quantitative estimate of drug-likeness (QED) is 0.653. The highest BCUT2D eigenvalue weighted by molar-refractivity contribution is 4.54. The van der Waals surface area contributed by atoms with E-state index in [1.165, 1.54) is 7.11 Å². The Balaban J connectivity index is 3.27. The molecular formula is C8H15F3O3. The molecule has 1 atom stereocenters. The molecule has 0 saturated heterocycles. The third-order valence-electron chi connectivity index (χ3n) is 1.52. The molecule has 0 aromatic rings. The van der Waals surface area contributed by atoms with Crippen LogP contribution in [0.1, 0.15) is 12.8 Å². The molecule has 0 spiro atoms. The van der Waals surface area contributed by atoms with Crippen molar-refractivity contribution in [1.29, 1.82) is 0 Å². The number of halogens is 3. The Morgan fingerprint density at radius 1 is 1.21 bits per heavy atom. The van der Waals surface area contributed by atoms with Crippen molar-refractivity contribution in [3.8, 4) is 0 Å². The van der Waals surface area contributed by atoms with Crippen LogP contribution in [0.15, 0.2) is 0 Å². The van der Waals surface area contributed by atoms with Crippen molar-refractivity contribution in [2.45, 2.75) is 25.1 Å². The normalized spacial score (nSPS) is 14.4. The molecule has 0 rings (SSSR count). The predicted molar refractivity (Wildman–Crippen MR) is 44.0 cm³/mol. The molecular weight excluding hydrogens is 201 g/mol. The lowest BCUT2D eigenvalue weighted by Crippen LogP contribution is -2.19. The smallest absolute Gasteiger partial charge is 0.393 e. The van der Waals surface area contributed by atoms with Crippen molar-refractivity contribution >= 4 is 0 Å². The molecule has 0 aliphatic carbocycles. The fraction of sp³-hybridized carbons (Fsp3) is 1.00. The number of alkyl halides is 3. The van der Waals surface area contributed by atoms with Gasteiger partial charge in [0.1, 0.15) is 6.61 Å². The maximum atomic E-state index is 11.6. The van der Waals surface area contributed by atoms with Crippen molar-refractivity contribution in [2.24, 2.45) is 0 Å². The molecule has 86 valence electrons. The van der Waals surface area contributed by atoms with E-state index in [-0.39, 0.29) is 13.0 Å². The zero-order chi connectivity index (χ0) is 11.0. The zero-order valence-corrected chi connectivity index (χ0v) is 8.01. The second-order valence-electron chi connectivity index (χ2n) is 2.89. The van der Waals surface area contributed by atoms with Crippen LogP contribution < -0.4 is 0 Å². The standard InChI is InChI=1S/C8H15F3O3/c1-13-4-2-7(12)3-5-14-6-8(9,10)11/h7,12H,2-6H2,1H3. The van der Waals surface area contributed by atoms with Gasteiger partial charge in [-0.05, 0) is 12.8 Å². The highest BCUT2D eigenvalue weighted by atomic mass is 19.4. The lowest BCUT2D eigenvalue weighted by Gasteiger charge is -2.11. The number of aliphatic hydroxyl groups excluding tert-OH is 1. The summed E-state index contributed by atoms with van der Waals surface area (Å²) < 4.78 is 43.7. The van der Waals surface area contributed by atoms with Gasteiger partial charge in [0.2, 0.25) is 0 Å². The van der Waals surface area contributed by atoms with Gasteiger partial charge in [-0.2, -0.15) is 13.2 Å². The van der Waals surface area contributed by atoms with Crippen molar-refractivity contribution in [3.05, 3.63) is 0 Å². The van der Waals surface area contributed by atoms with Crippen LogP contribution in [0.3, 0.4) is 0 Å². The number of ether oxygens (including phenoxy) is 2. The summed E-state index contributed by atoms with van der Waals surface area (Å²) in [6.45, 7) is -0.963. The third-order valence-corrected chi connectivity index (χ3v) is 1.52. The molecule has 14 heavy (non-hydrogen) atoms. The fourth-order valence-electron chi connectivity index (χ4n) is 0.805. The Bertz CT molecular complexity index is 138. The van der Waals surface area contributed by atoms with E-state index in [1.54, 1.807) is 0 Å². The van der Waals surface area contributed by atoms with Crippen LogP contribution in [0.4, 0.5) is 13.2 Å². The van der Waals surface area contributed by atoms with Crippen molar-refractivity contribution in [3.63, 3.8) is 0 Å². The molecule has 0 radical (unpaired) electrons. The van der Waals surface area contributed by atoms with E-state index in [0.717, 1.165) is 0 Å². The Morgan fingerprint density at radius 3 is 2.29 bits per heavy atom. The molecule has 6 heteroatoms. The van der Waals surface area contributed by atoms with E-state index >= 15 is 0 Å². The monoisotopic (exact) mass is 216 g/mol. The van der Waals surface area contributed by atoms with Gasteiger partial charge in [0.15, 0.2) is 0 Å². The predicted octanol–water partition coefficient (Wildman–Crippen LogP) is 1.35. The van der Waals surface area contributed by atoms with Crippen LogP contribution in [-0.2, 0) is 9.47 Å². The summed E-state index contributed by atoms with van der Waals surface area (Å²) in [5, 5.41) is 9.17. The summed E-state index contributed by atoms with van der Waals surface area (Å²) in [4.78, 5) is 0. The lowest BCUT2D eigenvalue weighted by molar-refractivity contribution is -0.175. The molecule has 0 bridgehead atoms. The molecule has 0 saturated carbocycles. The van der Waals surface area contributed by atoms with Crippen molar-refractivity contribution in [1.82, 2.24) is 0 Å². The molecule has 0 aromatic heterocycles. The summed E-state index contributed by atoms with van der Waals surface area (Å²) in [6, 6.07) is 0. The molecule has 0 heterocycles. The molecule has 3 nitrogen and oxygen atoms in total. The Kier molecular flexibility index (Phi) is 6.86. The first-order chi connectivity index (χ1) is 6.45. The number of hydrogen-bond acceptors (Lipinski definition) is 3. The first kappa shape index (κ1) is 13.7. The van der Waals surface area contributed by atoms with E-state index in [2.05, 4.69) is 4.74 Å². The number of rotatable bonds is 7. The summed E-state index contributed by atoms with van der Waals surface area (Å²) >= 11 is 0. The Labute approximate surface area is 80.8 Å². The van der Waals surface area contributed by atoms with Gasteiger partial charge in [0, 0.05) is 20.3 Å². The second-order valence-corrected chi connectivity index (χ2v) is 2.89. The van der Waals surface area contributed by atoms with E-state index in [4.69, 9.17) is 9.84 Å². The van der Waals surface area contributed by atoms with Crippen LogP contribution in [0.5, 0.6) is 0 Å². The van der Waals surface area contributed by atoms with Crippen LogP contribution in [0.25, 0.3) is 0 Å². The van der Waals surface area contributed by atoms with Crippen molar-refractivity contribution in [2.75, 3.05) is 26.9 Å². The minimum Gasteiger partial charge on any atom is -0.393 e. The Morgan fingerprint density at radius 2 is 1.79 bits per heavy atom. The van der Waals surface area contributed by atoms with E-state index in [1.807, 2.05) is 0 Å². The molecule has 0 amide bonds. The van der Waals surface area contributed by atoms with Gasteiger partial charge >= 0.3 is 6.18 Å². The van der Waals surface area contributed by atoms with Gasteiger partial charge in [0.05, 0.1) is 6.10 Å². The van der Waals surface area contributed by atoms with Gasteiger partial charge < -0.3 is 14.6 Å². The molecule has 1 N–H and O–H groups in total.